The van der Waals surface area contributed by atoms with E-state index in [1.807, 2.05) is 91.0 Å². The van der Waals surface area contributed by atoms with Crippen molar-refractivity contribution in [3.05, 3.63) is 141 Å². The molecule has 0 aliphatic carbocycles. The highest BCUT2D eigenvalue weighted by molar-refractivity contribution is 5.68. The van der Waals surface area contributed by atoms with Gasteiger partial charge in [0.05, 0.1) is 26.4 Å². The van der Waals surface area contributed by atoms with E-state index < -0.39 is 35.8 Å². The second kappa shape index (κ2) is 13.0. The quantitative estimate of drug-likeness (QED) is 0.257. The Kier molecular flexibility index (Phi) is 8.57. The molecule has 1 aliphatic heterocycles. The summed E-state index contributed by atoms with van der Waals surface area (Å²) >= 11 is 0. The standard InChI is InChI=1S/C32H30N4O6/c37-30-26-29(34-17-16-33-26)36(32(38)35-30)31-28(41-20-24-14-8-3-9-15-24)27(40-19-23-12-6-2-7-13-23)25(42-31)21-39-18-22-10-4-1-5-11-22/h1-17,25,27-28,31H,18-21H2,(H,35,37,38)/t25-,27-,28-,31-/m1/s1. The van der Waals surface area contributed by atoms with Crippen LogP contribution in [0.25, 0.3) is 11.2 Å². The van der Waals surface area contributed by atoms with Gasteiger partial charge in [0, 0.05) is 12.4 Å². The maximum absolute atomic E-state index is 13.3. The van der Waals surface area contributed by atoms with Gasteiger partial charge in [0.1, 0.15) is 18.3 Å². The van der Waals surface area contributed by atoms with E-state index in [1.165, 1.54) is 17.0 Å². The summed E-state index contributed by atoms with van der Waals surface area (Å²) in [4.78, 5) is 36.6. The SMILES string of the molecule is O=c1[nH]c(=O)n([C@@H]2O[C@H](COCc3ccccc3)[C@@H](OCc3ccccc3)[C@H]2OCc2ccccc2)c2nccnc12. The molecule has 0 amide bonds. The molecule has 3 aromatic carbocycles. The number of H-pyrrole nitrogens is 1. The van der Waals surface area contributed by atoms with Crippen molar-refractivity contribution in [2.75, 3.05) is 6.61 Å². The van der Waals surface area contributed by atoms with E-state index in [-0.39, 0.29) is 24.4 Å². The molecule has 214 valence electrons. The summed E-state index contributed by atoms with van der Waals surface area (Å²) in [6.07, 6.45) is -0.140. The number of hydrogen-bond acceptors (Lipinski definition) is 8. The van der Waals surface area contributed by atoms with Crippen LogP contribution >= 0.6 is 0 Å². The van der Waals surface area contributed by atoms with Crippen molar-refractivity contribution in [2.24, 2.45) is 0 Å². The van der Waals surface area contributed by atoms with Gasteiger partial charge in [-0.2, -0.15) is 0 Å². The van der Waals surface area contributed by atoms with Gasteiger partial charge in [-0.25, -0.2) is 19.3 Å². The number of rotatable bonds is 11. The van der Waals surface area contributed by atoms with Gasteiger partial charge in [0.25, 0.3) is 5.56 Å². The van der Waals surface area contributed by atoms with Crippen LogP contribution in [-0.2, 0) is 38.8 Å². The molecule has 2 aromatic heterocycles. The normalized spacial score (nSPS) is 20.2. The lowest BCUT2D eigenvalue weighted by Gasteiger charge is -2.26. The lowest BCUT2D eigenvalue weighted by atomic mass is 10.1. The van der Waals surface area contributed by atoms with Crippen LogP contribution in [-0.4, -0.2) is 44.4 Å². The smallest absolute Gasteiger partial charge is 0.332 e. The lowest BCUT2D eigenvalue weighted by molar-refractivity contribution is -0.0917. The predicted molar refractivity (Wildman–Crippen MR) is 154 cm³/mol. The zero-order valence-corrected chi connectivity index (χ0v) is 22.7. The average Bonchev–Trinajstić information content (AvgIpc) is 3.37. The molecule has 1 aliphatic rings. The van der Waals surface area contributed by atoms with Crippen molar-refractivity contribution in [1.29, 1.82) is 0 Å². The second-order valence-electron chi connectivity index (χ2n) is 9.95. The lowest BCUT2D eigenvalue weighted by Crippen LogP contribution is -2.41. The van der Waals surface area contributed by atoms with Gasteiger partial charge in [-0.15, -0.1) is 0 Å². The number of hydrogen-bond donors (Lipinski definition) is 1. The number of aromatic nitrogens is 4. The molecule has 10 nitrogen and oxygen atoms in total. The monoisotopic (exact) mass is 566 g/mol. The number of nitrogens with one attached hydrogen (secondary N) is 1. The summed E-state index contributed by atoms with van der Waals surface area (Å²) in [5.74, 6) is 0. The Morgan fingerprint density at radius 1 is 0.714 bits per heavy atom. The number of ether oxygens (including phenoxy) is 4. The Balaban J connectivity index is 1.35. The molecule has 1 saturated heterocycles. The van der Waals surface area contributed by atoms with E-state index in [9.17, 15) is 9.59 Å². The van der Waals surface area contributed by atoms with Crippen LogP contribution in [0, 0.1) is 0 Å². The first-order valence-corrected chi connectivity index (χ1v) is 13.7. The first kappa shape index (κ1) is 27.7. The summed E-state index contributed by atoms with van der Waals surface area (Å²) in [5.41, 5.74) is 1.75. The molecule has 3 heterocycles. The topological polar surface area (TPSA) is 118 Å². The zero-order chi connectivity index (χ0) is 28.7. The molecule has 10 heteroatoms. The number of fused-ring (bicyclic) bond motifs is 1. The number of benzene rings is 3. The highest BCUT2D eigenvalue weighted by atomic mass is 16.6. The summed E-state index contributed by atoms with van der Waals surface area (Å²) in [6.45, 7) is 1.09. The van der Waals surface area contributed by atoms with E-state index >= 15 is 0 Å². The Labute approximate surface area is 241 Å². The summed E-state index contributed by atoms with van der Waals surface area (Å²) < 4.78 is 26.8. The fourth-order valence-corrected chi connectivity index (χ4v) is 5.05. The maximum Gasteiger partial charge on any atom is 0.332 e. The minimum atomic E-state index is -0.983. The van der Waals surface area contributed by atoms with Gasteiger partial charge in [0.2, 0.25) is 0 Å². The third-order valence-corrected chi connectivity index (χ3v) is 7.07. The van der Waals surface area contributed by atoms with Crippen molar-refractivity contribution >= 4 is 11.2 Å². The van der Waals surface area contributed by atoms with Crippen molar-refractivity contribution in [3.8, 4) is 0 Å². The molecule has 0 bridgehead atoms. The highest BCUT2D eigenvalue weighted by Crippen LogP contribution is 2.35. The van der Waals surface area contributed by atoms with Gasteiger partial charge < -0.3 is 18.9 Å². The van der Waals surface area contributed by atoms with Crippen LogP contribution in [0.4, 0.5) is 0 Å². The van der Waals surface area contributed by atoms with Crippen molar-refractivity contribution in [3.63, 3.8) is 0 Å². The van der Waals surface area contributed by atoms with Crippen LogP contribution in [0.5, 0.6) is 0 Å². The largest absolute Gasteiger partial charge is 0.374 e. The molecule has 1 N–H and O–H groups in total. The molecule has 6 rings (SSSR count). The summed E-state index contributed by atoms with van der Waals surface area (Å²) in [5, 5.41) is 0. The fourth-order valence-electron chi connectivity index (χ4n) is 5.05. The second-order valence-corrected chi connectivity index (χ2v) is 9.95. The molecule has 1 fully saturated rings. The zero-order valence-electron chi connectivity index (χ0n) is 22.7. The van der Waals surface area contributed by atoms with E-state index in [0.717, 1.165) is 16.7 Å². The summed E-state index contributed by atoms with van der Waals surface area (Å²) in [7, 11) is 0. The van der Waals surface area contributed by atoms with Crippen molar-refractivity contribution in [1.82, 2.24) is 19.5 Å². The van der Waals surface area contributed by atoms with Crippen molar-refractivity contribution in [2.45, 2.75) is 44.4 Å². The number of aromatic amines is 1. The highest BCUT2D eigenvalue weighted by Gasteiger charge is 2.48. The third-order valence-electron chi connectivity index (χ3n) is 7.07. The van der Waals surface area contributed by atoms with Crippen LogP contribution in [0.2, 0.25) is 0 Å². The van der Waals surface area contributed by atoms with Crippen LogP contribution < -0.4 is 11.2 Å². The maximum atomic E-state index is 13.3. The third kappa shape index (κ3) is 6.22. The Morgan fingerprint density at radius 3 is 1.88 bits per heavy atom. The minimum Gasteiger partial charge on any atom is -0.374 e. The average molecular weight is 567 g/mol. The fraction of sp³-hybridized carbons (Fsp3) is 0.250. The van der Waals surface area contributed by atoms with Gasteiger partial charge >= 0.3 is 5.69 Å². The molecule has 0 unspecified atom stereocenters. The molecular formula is C32H30N4O6. The van der Waals surface area contributed by atoms with E-state index in [0.29, 0.717) is 13.2 Å². The van der Waals surface area contributed by atoms with E-state index in [1.54, 1.807) is 0 Å². The predicted octanol–water partition coefficient (Wildman–Crippen LogP) is 3.76. The Morgan fingerprint density at radius 2 is 1.26 bits per heavy atom. The molecule has 42 heavy (non-hydrogen) atoms. The van der Waals surface area contributed by atoms with Gasteiger partial charge in [-0.1, -0.05) is 91.0 Å². The van der Waals surface area contributed by atoms with Gasteiger partial charge in [-0.3, -0.25) is 9.78 Å². The van der Waals surface area contributed by atoms with Crippen LogP contribution in [0.3, 0.4) is 0 Å². The van der Waals surface area contributed by atoms with Gasteiger partial charge in [-0.05, 0) is 16.7 Å². The first-order valence-electron chi connectivity index (χ1n) is 13.7. The Hall–Kier alpha value is -4.48. The molecule has 5 aromatic rings. The van der Waals surface area contributed by atoms with Gasteiger partial charge in [0.15, 0.2) is 17.4 Å². The van der Waals surface area contributed by atoms with Crippen molar-refractivity contribution < 1.29 is 18.9 Å². The summed E-state index contributed by atoms with van der Waals surface area (Å²) in [6, 6.07) is 29.3. The first-order chi connectivity index (χ1) is 20.7. The Bertz CT molecular complexity index is 1710. The van der Waals surface area contributed by atoms with E-state index in [4.69, 9.17) is 18.9 Å². The van der Waals surface area contributed by atoms with Crippen LogP contribution in [0.1, 0.15) is 22.9 Å². The number of nitrogens with zero attached hydrogens (tertiary/aromatic N) is 3. The molecule has 0 radical (unpaired) electrons. The van der Waals surface area contributed by atoms with E-state index in [2.05, 4.69) is 15.0 Å². The van der Waals surface area contributed by atoms with Crippen LogP contribution in [0.15, 0.2) is 113 Å². The molecule has 0 spiro atoms. The minimum absolute atomic E-state index is 0.0213. The molecule has 0 saturated carbocycles. The molecular weight excluding hydrogens is 536 g/mol. The molecule has 4 atom stereocenters.